The Kier molecular flexibility index (Phi) is 13.1. The summed E-state index contributed by atoms with van der Waals surface area (Å²) in [5.41, 5.74) is 2.56. The third kappa shape index (κ3) is 9.55. The van der Waals surface area contributed by atoms with Crippen molar-refractivity contribution >= 4 is 5.97 Å². The van der Waals surface area contributed by atoms with Crippen molar-refractivity contribution in [3.05, 3.63) is 102 Å². The summed E-state index contributed by atoms with van der Waals surface area (Å²) in [6, 6.07) is 27.9. The summed E-state index contributed by atoms with van der Waals surface area (Å²) in [7, 11) is 0. The maximum Gasteiger partial charge on any atom is 0.311 e. The van der Waals surface area contributed by atoms with Crippen LogP contribution in [0.4, 0.5) is 0 Å². The average molecular weight is 556 g/mol. The summed E-state index contributed by atoms with van der Waals surface area (Å²) in [4.78, 5) is 18.5. The first-order valence-electron chi connectivity index (χ1n) is 16.0. The summed E-state index contributed by atoms with van der Waals surface area (Å²) in [6.45, 7) is 11.5. The monoisotopic (exact) mass is 555 g/mol. The Hall–Kier alpha value is -2.94. The van der Waals surface area contributed by atoms with E-state index in [-0.39, 0.29) is 17.3 Å². The molecule has 3 heteroatoms. The lowest BCUT2D eigenvalue weighted by Gasteiger charge is -2.43. The summed E-state index contributed by atoms with van der Waals surface area (Å²) in [5, 5.41) is 0. The van der Waals surface area contributed by atoms with E-state index in [1.807, 2.05) is 12.3 Å². The first-order valence-corrected chi connectivity index (χ1v) is 16.0. The van der Waals surface area contributed by atoms with E-state index < -0.39 is 5.41 Å². The van der Waals surface area contributed by atoms with Crippen molar-refractivity contribution in [3.63, 3.8) is 0 Å². The maximum atomic E-state index is 13.7. The number of hydrogen-bond acceptors (Lipinski definition) is 3. The van der Waals surface area contributed by atoms with Crippen LogP contribution in [0.2, 0.25) is 0 Å². The summed E-state index contributed by atoms with van der Waals surface area (Å²) >= 11 is 0. The van der Waals surface area contributed by atoms with Gasteiger partial charge in [0.25, 0.3) is 0 Å². The number of nitrogens with zero attached hydrogens (tertiary/aromatic N) is 1. The number of esters is 1. The summed E-state index contributed by atoms with van der Waals surface area (Å²) < 4.78 is 5.95. The van der Waals surface area contributed by atoms with Gasteiger partial charge in [0.2, 0.25) is 0 Å². The van der Waals surface area contributed by atoms with E-state index in [9.17, 15) is 4.79 Å². The van der Waals surface area contributed by atoms with E-state index >= 15 is 0 Å². The van der Waals surface area contributed by atoms with Crippen LogP contribution in [0, 0.1) is 11.3 Å². The number of carbonyl (C=O) groups is 1. The Morgan fingerprint density at radius 3 is 1.95 bits per heavy atom. The van der Waals surface area contributed by atoms with Crippen LogP contribution in [0.3, 0.4) is 0 Å². The number of unbranched alkanes of at least 4 members (excludes halogenated alkanes) is 5. The van der Waals surface area contributed by atoms with E-state index in [1.165, 1.54) is 36.8 Å². The van der Waals surface area contributed by atoms with Gasteiger partial charge in [-0.3, -0.25) is 9.78 Å². The smallest absolute Gasteiger partial charge is 0.311 e. The van der Waals surface area contributed by atoms with Gasteiger partial charge in [-0.1, -0.05) is 126 Å². The fraction of sp³-hybridized carbons (Fsp3) is 0.526. The van der Waals surface area contributed by atoms with Gasteiger partial charge in [-0.25, -0.2) is 0 Å². The van der Waals surface area contributed by atoms with Crippen LogP contribution in [0.5, 0.6) is 0 Å². The maximum absolute atomic E-state index is 13.7. The molecule has 0 aliphatic carbocycles. The molecule has 0 aliphatic rings. The van der Waals surface area contributed by atoms with Crippen molar-refractivity contribution in [2.75, 3.05) is 6.61 Å². The van der Waals surface area contributed by atoms with Gasteiger partial charge >= 0.3 is 5.97 Å². The lowest BCUT2D eigenvalue weighted by atomic mass is 9.60. The van der Waals surface area contributed by atoms with Gasteiger partial charge in [-0.05, 0) is 68.7 Å². The highest BCUT2D eigenvalue weighted by molar-refractivity contribution is 5.76. The van der Waals surface area contributed by atoms with Crippen LogP contribution in [-0.4, -0.2) is 17.6 Å². The topological polar surface area (TPSA) is 39.2 Å². The molecule has 0 N–H and O–H groups in total. The Balaban J connectivity index is 1.98. The molecule has 3 rings (SSSR count). The molecule has 0 saturated carbocycles. The predicted octanol–water partition coefficient (Wildman–Crippen LogP) is 10.3. The highest BCUT2D eigenvalue weighted by atomic mass is 16.5. The van der Waals surface area contributed by atoms with Crippen molar-refractivity contribution in [1.82, 2.24) is 4.98 Å². The normalized spacial score (nSPS) is 13.5. The van der Waals surface area contributed by atoms with Crippen molar-refractivity contribution < 1.29 is 9.53 Å². The number of aromatic nitrogens is 1. The molecular weight excluding hydrogens is 502 g/mol. The molecule has 3 nitrogen and oxygen atoms in total. The second-order valence-electron chi connectivity index (χ2n) is 12.7. The number of rotatable bonds is 18. The van der Waals surface area contributed by atoms with Gasteiger partial charge in [0.1, 0.15) is 0 Å². The Morgan fingerprint density at radius 1 is 0.805 bits per heavy atom. The molecule has 1 aromatic heterocycles. The molecular formula is C38H53NO2. The number of carbonyl (C=O) groups excluding carboxylic acids is 1. The minimum atomic E-state index is -0.668. The van der Waals surface area contributed by atoms with Crippen LogP contribution < -0.4 is 0 Å². The summed E-state index contributed by atoms with van der Waals surface area (Å²) in [6.07, 6.45) is 12.7. The summed E-state index contributed by atoms with van der Waals surface area (Å²) in [5.74, 6) is 0.724. The molecule has 1 heterocycles. The van der Waals surface area contributed by atoms with Gasteiger partial charge < -0.3 is 4.74 Å². The third-order valence-electron chi connectivity index (χ3n) is 8.76. The van der Waals surface area contributed by atoms with Crippen LogP contribution in [0.1, 0.15) is 122 Å². The van der Waals surface area contributed by atoms with Gasteiger partial charge in [0, 0.05) is 23.2 Å². The second-order valence-corrected chi connectivity index (χ2v) is 12.7. The molecule has 41 heavy (non-hydrogen) atoms. The Morgan fingerprint density at radius 2 is 1.39 bits per heavy atom. The highest BCUT2D eigenvalue weighted by Crippen LogP contribution is 2.49. The van der Waals surface area contributed by atoms with Crippen molar-refractivity contribution in [1.29, 1.82) is 0 Å². The fourth-order valence-corrected chi connectivity index (χ4v) is 6.26. The third-order valence-corrected chi connectivity index (χ3v) is 8.76. The van der Waals surface area contributed by atoms with Gasteiger partial charge in [-0.15, -0.1) is 0 Å². The van der Waals surface area contributed by atoms with E-state index in [0.717, 1.165) is 37.8 Å². The number of ether oxygens (including phenoxy) is 1. The largest absolute Gasteiger partial charge is 0.465 e. The molecule has 2 unspecified atom stereocenters. The van der Waals surface area contributed by atoms with Crippen LogP contribution in [-0.2, 0) is 14.9 Å². The Bertz CT molecular complexity index is 1090. The van der Waals surface area contributed by atoms with Crippen molar-refractivity contribution in [3.8, 4) is 0 Å². The zero-order valence-electron chi connectivity index (χ0n) is 26.3. The van der Waals surface area contributed by atoms with Crippen molar-refractivity contribution in [2.45, 2.75) is 110 Å². The molecule has 2 aromatic carbocycles. The van der Waals surface area contributed by atoms with E-state index in [2.05, 4.69) is 107 Å². The molecule has 2 atom stereocenters. The lowest BCUT2D eigenvalue weighted by molar-refractivity contribution is -0.155. The first-order chi connectivity index (χ1) is 19.8. The number of benzene rings is 2. The van der Waals surface area contributed by atoms with Gasteiger partial charge in [0.15, 0.2) is 0 Å². The molecule has 3 aromatic rings. The molecule has 0 bridgehead atoms. The minimum absolute atomic E-state index is 0.0985. The van der Waals surface area contributed by atoms with Crippen LogP contribution in [0.15, 0.2) is 85.1 Å². The quantitative estimate of drug-likeness (QED) is 0.116. The zero-order chi connectivity index (χ0) is 29.6. The molecule has 0 aliphatic heterocycles. The van der Waals surface area contributed by atoms with E-state index in [4.69, 9.17) is 9.72 Å². The Labute approximate surface area is 250 Å². The standard InChI is InChI=1S/C38H53NO2/c1-6-8-9-10-11-20-27-41-36(40)37(4,5)30-38(33-21-14-12-15-22-33,34-23-16-13-17-24-34)29-32(28-31(3)7-2)35-25-18-19-26-39-35/h12-19,21-26,31-32H,6-11,20,27-30H2,1-5H3. The van der Waals surface area contributed by atoms with E-state index in [1.54, 1.807) is 0 Å². The molecule has 0 spiro atoms. The predicted molar refractivity (Wildman–Crippen MR) is 172 cm³/mol. The first kappa shape index (κ1) is 32.6. The SMILES string of the molecule is CCCCCCCCOC(=O)C(C)(C)CC(CC(CC(C)CC)c1ccccn1)(c1ccccc1)c1ccccc1. The second kappa shape index (κ2) is 16.5. The van der Waals surface area contributed by atoms with E-state index in [0.29, 0.717) is 18.9 Å². The molecule has 0 radical (unpaired) electrons. The highest BCUT2D eigenvalue weighted by Gasteiger charge is 2.45. The molecule has 222 valence electrons. The number of hydrogen-bond donors (Lipinski definition) is 0. The number of pyridine rings is 1. The minimum Gasteiger partial charge on any atom is -0.465 e. The fourth-order valence-electron chi connectivity index (χ4n) is 6.26. The lowest BCUT2D eigenvalue weighted by Crippen LogP contribution is -2.40. The zero-order valence-corrected chi connectivity index (χ0v) is 26.3. The van der Waals surface area contributed by atoms with Gasteiger partial charge in [-0.2, -0.15) is 0 Å². The van der Waals surface area contributed by atoms with Crippen molar-refractivity contribution in [2.24, 2.45) is 11.3 Å². The van der Waals surface area contributed by atoms with Crippen LogP contribution >= 0.6 is 0 Å². The molecule has 0 amide bonds. The van der Waals surface area contributed by atoms with Gasteiger partial charge in [0.05, 0.1) is 12.0 Å². The molecule has 0 fully saturated rings. The average Bonchev–Trinajstić information content (AvgIpc) is 3.00. The van der Waals surface area contributed by atoms with Crippen LogP contribution in [0.25, 0.3) is 0 Å². The molecule has 0 saturated heterocycles.